The van der Waals surface area contributed by atoms with Gasteiger partial charge in [0.25, 0.3) is 5.91 Å². The van der Waals surface area contributed by atoms with Crippen molar-refractivity contribution in [2.45, 2.75) is 31.6 Å². The standard InChI is InChI=1S/C18H23ClN2O5S/c1-11-5-12(2)9-21(8-11)18(23)3-4-27(24,25)16-7-15-14(6-13(16)19)20-17(22)10-26-15/h6-7,11-12H,3-5,8-10H2,1-2H3,(H,20,22)/t11-,12-/m0/s1. The monoisotopic (exact) mass is 414 g/mol. The molecule has 148 valence electrons. The summed E-state index contributed by atoms with van der Waals surface area (Å²) in [5.41, 5.74) is 0.336. The van der Waals surface area contributed by atoms with E-state index in [0.717, 1.165) is 6.42 Å². The molecule has 9 heteroatoms. The molecule has 0 radical (unpaired) electrons. The summed E-state index contributed by atoms with van der Waals surface area (Å²) in [5.74, 6) is 0.270. The minimum Gasteiger partial charge on any atom is -0.482 e. The van der Waals surface area contributed by atoms with Gasteiger partial charge < -0.3 is 15.0 Å². The summed E-state index contributed by atoms with van der Waals surface area (Å²) >= 11 is 6.11. The number of nitrogens with zero attached hydrogens (tertiary/aromatic N) is 1. The molecule has 0 aliphatic carbocycles. The number of piperidine rings is 1. The van der Waals surface area contributed by atoms with Crippen LogP contribution >= 0.6 is 11.6 Å². The summed E-state index contributed by atoms with van der Waals surface area (Å²) < 4.78 is 30.7. The fourth-order valence-corrected chi connectivity index (χ4v) is 5.50. The van der Waals surface area contributed by atoms with E-state index in [2.05, 4.69) is 19.2 Å². The van der Waals surface area contributed by atoms with E-state index in [1.54, 1.807) is 4.90 Å². The third-order valence-electron chi connectivity index (χ3n) is 4.81. The smallest absolute Gasteiger partial charge is 0.262 e. The molecule has 0 aromatic heterocycles. The number of benzene rings is 1. The van der Waals surface area contributed by atoms with Crippen LogP contribution in [0.1, 0.15) is 26.7 Å². The van der Waals surface area contributed by atoms with Crippen molar-refractivity contribution in [2.75, 3.05) is 30.8 Å². The minimum atomic E-state index is -3.77. The Balaban J connectivity index is 1.72. The van der Waals surface area contributed by atoms with Gasteiger partial charge in [0.05, 0.1) is 21.4 Å². The highest BCUT2D eigenvalue weighted by Crippen LogP contribution is 2.36. The number of fused-ring (bicyclic) bond motifs is 1. The van der Waals surface area contributed by atoms with Gasteiger partial charge in [-0.25, -0.2) is 8.42 Å². The summed E-state index contributed by atoms with van der Waals surface area (Å²) in [6.07, 6.45) is 0.982. The molecular weight excluding hydrogens is 392 g/mol. The average Bonchev–Trinajstić information content (AvgIpc) is 2.58. The molecule has 2 atom stereocenters. The zero-order valence-electron chi connectivity index (χ0n) is 15.3. The van der Waals surface area contributed by atoms with E-state index >= 15 is 0 Å². The first kappa shape index (κ1) is 19.9. The summed E-state index contributed by atoms with van der Waals surface area (Å²) in [6.45, 7) is 5.33. The van der Waals surface area contributed by atoms with Crippen LogP contribution in [-0.4, -0.2) is 50.6 Å². The molecule has 0 bridgehead atoms. The molecule has 1 aromatic carbocycles. The SMILES string of the molecule is C[C@H]1C[C@H](C)CN(C(=O)CCS(=O)(=O)c2cc3c(cc2Cl)NC(=O)CO3)C1. The minimum absolute atomic E-state index is 0.00721. The molecule has 1 saturated heterocycles. The van der Waals surface area contributed by atoms with Crippen LogP contribution in [0.2, 0.25) is 5.02 Å². The average molecular weight is 415 g/mol. The van der Waals surface area contributed by atoms with E-state index in [9.17, 15) is 18.0 Å². The van der Waals surface area contributed by atoms with Gasteiger partial charge in [-0.3, -0.25) is 9.59 Å². The molecule has 0 unspecified atom stereocenters. The van der Waals surface area contributed by atoms with Crippen molar-refractivity contribution in [3.05, 3.63) is 17.2 Å². The van der Waals surface area contributed by atoms with Gasteiger partial charge >= 0.3 is 0 Å². The lowest BCUT2D eigenvalue weighted by molar-refractivity contribution is -0.133. The third-order valence-corrected chi connectivity index (χ3v) is 6.98. The van der Waals surface area contributed by atoms with Crippen LogP contribution < -0.4 is 10.1 Å². The predicted molar refractivity (Wildman–Crippen MR) is 102 cm³/mol. The Kier molecular flexibility index (Phi) is 5.67. The number of amides is 2. The third kappa shape index (κ3) is 4.55. The van der Waals surface area contributed by atoms with E-state index in [1.807, 2.05) is 0 Å². The normalized spacial score (nSPS) is 22.6. The number of likely N-dealkylation sites (tertiary alicyclic amines) is 1. The number of rotatable bonds is 4. The largest absolute Gasteiger partial charge is 0.482 e. The Morgan fingerprint density at radius 3 is 2.63 bits per heavy atom. The van der Waals surface area contributed by atoms with E-state index in [0.29, 0.717) is 30.6 Å². The molecule has 2 amide bonds. The Morgan fingerprint density at radius 2 is 1.96 bits per heavy atom. The molecule has 2 heterocycles. The molecule has 1 aromatic rings. The molecule has 3 rings (SSSR count). The number of hydrogen-bond acceptors (Lipinski definition) is 5. The van der Waals surface area contributed by atoms with Gasteiger partial charge in [-0.05, 0) is 24.3 Å². The van der Waals surface area contributed by atoms with Crippen molar-refractivity contribution in [2.24, 2.45) is 11.8 Å². The highest BCUT2D eigenvalue weighted by molar-refractivity contribution is 7.91. The van der Waals surface area contributed by atoms with Gasteiger partial charge in [-0.1, -0.05) is 25.4 Å². The quantitative estimate of drug-likeness (QED) is 0.816. The van der Waals surface area contributed by atoms with Crippen molar-refractivity contribution in [3.8, 4) is 5.75 Å². The lowest BCUT2D eigenvalue weighted by atomic mass is 9.92. The van der Waals surface area contributed by atoms with Crippen LogP contribution in [0.3, 0.4) is 0 Å². The van der Waals surface area contributed by atoms with E-state index in [1.165, 1.54) is 12.1 Å². The zero-order chi connectivity index (χ0) is 19.8. The Bertz CT molecular complexity index is 861. The van der Waals surface area contributed by atoms with Crippen LogP contribution in [0.15, 0.2) is 17.0 Å². The van der Waals surface area contributed by atoms with Gasteiger partial charge in [-0.2, -0.15) is 0 Å². The van der Waals surface area contributed by atoms with Gasteiger partial charge in [0, 0.05) is 25.6 Å². The fourth-order valence-electron chi connectivity index (χ4n) is 3.68. The van der Waals surface area contributed by atoms with Crippen molar-refractivity contribution < 1.29 is 22.7 Å². The van der Waals surface area contributed by atoms with Crippen molar-refractivity contribution in [1.82, 2.24) is 4.90 Å². The molecule has 1 fully saturated rings. The Labute approximate surface area is 163 Å². The number of ether oxygens (including phenoxy) is 1. The zero-order valence-corrected chi connectivity index (χ0v) is 16.9. The Morgan fingerprint density at radius 1 is 1.30 bits per heavy atom. The van der Waals surface area contributed by atoms with E-state index < -0.39 is 9.84 Å². The molecular formula is C18H23ClN2O5S. The van der Waals surface area contributed by atoms with Gasteiger partial charge in [0.2, 0.25) is 5.91 Å². The second-order valence-electron chi connectivity index (χ2n) is 7.43. The number of nitrogens with one attached hydrogen (secondary N) is 1. The molecule has 1 N–H and O–H groups in total. The maximum absolute atomic E-state index is 12.7. The van der Waals surface area contributed by atoms with Crippen LogP contribution in [0.5, 0.6) is 5.75 Å². The van der Waals surface area contributed by atoms with Gasteiger partial charge in [-0.15, -0.1) is 0 Å². The number of anilines is 1. The predicted octanol–water partition coefficient (Wildman–Crippen LogP) is 2.34. The van der Waals surface area contributed by atoms with Crippen LogP contribution in [0.25, 0.3) is 0 Å². The number of sulfone groups is 1. The lowest BCUT2D eigenvalue weighted by Crippen LogP contribution is -2.43. The first-order valence-electron chi connectivity index (χ1n) is 8.92. The number of hydrogen-bond donors (Lipinski definition) is 1. The van der Waals surface area contributed by atoms with Gasteiger partial charge in [0.15, 0.2) is 16.4 Å². The summed E-state index contributed by atoms with van der Waals surface area (Å²) in [7, 11) is -3.77. The van der Waals surface area contributed by atoms with Crippen LogP contribution in [0.4, 0.5) is 5.69 Å². The second kappa shape index (κ2) is 7.67. The lowest BCUT2D eigenvalue weighted by Gasteiger charge is -2.35. The van der Waals surface area contributed by atoms with Crippen molar-refractivity contribution >= 4 is 38.9 Å². The Hall–Kier alpha value is -1.80. The molecule has 2 aliphatic rings. The van der Waals surface area contributed by atoms with Gasteiger partial charge in [0.1, 0.15) is 5.75 Å². The van der Waals surface area contributed by atoms with Crippen LogP contribution in [0, 0.1) is 11.8 Å². The summed E-state index contributed by atoms with van der Waals surface area (Å²) in [4.78, 5) is 25.5. The second-order valence-corrected chi connectivity index (χ2v) is 9.91. The first-order valence-corrected chi connectivity index (χ1v) is 11.0. The fraction of sp³-hybridized carbons (Fsp3) is 0.556. The number of halogens is 1. The summed E-state index contributed by atoms with van der Waals surface area (Å²) in [6, 6.07) is 2.67. The number of carbonyl (C=O) groups is 2. The van der Waals surface area contributed by atoms with Crippen LogP contribution in [-0.2, 0) is 19.4 Å². The van der Waals surface area contributed by atoms with Crippen molar-refractivity contribution in [3.63, 3.8) is 0 Å². The topological polar surface area (TPSA) is 92.8 Å². The molecule has 0 spiro atoms. The molecule has 2 aliphatic heterocycles. The van der Waals surface area contributed by atoms with Crippen molar-refractivity contribution in [1.29, 1.82) is 0 Å². The van der Waals surface area contributed by atoms with E-state index in [4.69, 9.17) is 16.3 Å². The molecule has 27 heavy (non-hydrogen) atoms. The number of carbonyl (C=O) groups excluding carboxylic acids is 2. The molecule has 7 nitrogen and oxygen atoms in total. The summed E-state index contributed by atoms with van der Waals surface area (Å²) in [5, 5.41) is 2.57. The first-order chi connectivity index (χ1) is 12.7. The highest BCUT2D eigenvalue weighted by atomic mass is 35.5. The highest BCUT2D eigenvalue weighted by Gasteiger charge is 2.28. The maximum atomic E-state index is 12.7. The molecule has 0 saturated carbocycles. The maximum Gasteiger partial charge on any atom is 0.262 e. The van der Waals surface area contributed by atoms with E-state index in [-0.39, 0.29) is 46.3 Å².